The highest BCUT2D eigenvalue weighted by Crippen LogP contribution is 2.21. The lowest BCUT2D eigenvalue weighted by molar-refractivity contribution is 0.281. The Morgan fingerprint density at radius 1 is 1.05 bits per heavy atom. The number of halogens is 1. The van der Waals surface area contributed by atoms with E-state index in [0.717, 1.165) is 48.4 Å². The van der Waals surface area contributed by atoms with E-state index in [1.54, 1.807) is 12.4 Å². The van der Waals surface area contributed by atoms with Crippen LogP contribution in [0.5, 0.6) is 0 Å². The summed E-state index contributed by atoms with van der Waals surface area (Å²) in [5.41, 5.74) is 1.88. The molecule has 0 unspecified atom stereocenters. The van der Waals surface area contributed by atoms with Gasteiger partial charge in [0.1, 0.15) is 0 Å². The van der Waals surface area contributed by atoms with Gasteiger partial charge >= 0.3 is 0 Å². The van der Waals surface area contributed by atoms with Gasteiger partial charge in [-0.1, -0.05) is 17.7 Å². The lowest BCUT2D eigenvalue weighted by atomic mass is 10.2. The Balaban J connectivity index is 1.64. The van der Waals surface area contributed by atoms with Gasteiger partial charge in [0.15, 0.2) is 0 Å². The minimum absolute atomic E-state index is 0.0250. The van der Waals surface area contributed by atoms with E-state index in [-0.39, 0.29) is 6.61 Å². The monoisotopic (exact) mass is 304 g/mol. The Morgan fingerprint density at radius 2 is 1.71 bits per heavy atom. The second kappa shape index (κ2) is 6.28. The minimum Gasteiger partial charge on any atom is -0.392 e. The zero-order chi connectivity index (χ0) is 14.7. The summed E-state index contributed by atoms with van der Waals surface area (Å²) in [5.74, 6) is 0.720. The molecule has 1 aromatic heterocycles. The zero-order valence-corrected chi connectivity index (χ0v) is 12.4. The van der Waals surface area contributed by atoms with Crippen LogP contribution in [0, 0.1) is 0 Å². The van der Waals surface area contributed by atoms with Crippen LogP contribution in [0.3, 0.4) is 0 Å². The quantitative estimate of drug-likeness (QED) is 0.939. The van der Waals surface area contributed by atoms with E-state index in [9.17, 15) is 0 Å². The number of aromatic nitrogens is 2. The lowest BCUT2D eigenvalue weighted by Crippen LogP contribution is -2.47. The van der Waals surface area contributed by atoms with E-state index in [4.69, 9.17) is 16.7 Å². The normalized spacial score (nSPS) is 15.3. The fourth-order valence-electron chi connectivity index (χ4n) is 2.43. The maximum atomic E-state index is 9.01. The van der Waals surface area contributed by atoms with Crippen molar-refractivity contribution in [3.05, 3.63) is 47.2 Å². The molecule has 3 rings (SSSR count). The first-order valence-electron chi connectivity index (χ1n) is 6.93. The highest BCUT2D eigenvalue weighted by molar-refractivity contribution is 6.30. The molecule has 0 aliphatic carbocycles. The van der Waals surface area contributed by atoms with Gasteiger partial charge in [-0.15, -0.1) is 0 Å². The lowest BCUT2D eigenvalue weighted by Gasteiger charge is -2.36. The SMILES string of the molecule is OCc1cnc(N2CCN(c3cccc(Cl)c3)CC2)nc1. The molecule has 0 spiro atoms. The fraction of sp³-hybridized carbons (Fsp3) is 0.333. The molecule has 0 radical (unpaired) electrons. The second-order valence-corrected chi connectivity index (χ2v) is 5.44. The van der Waals surface area contributed by atoms with Crippen LogP contribution < -0.4 is 9.80 Å². The standard InChI is InChI=1S/C15H17ClN4O/c16-13-2-1-3-14(8-13)19-4-6-20(7-5-19)15-17-9-12(11-21)10-18-15/h1-3,8-10,21H,4-7,11H2. The molecule has 1 aromatic carbocycles. The van der Waals surface area contributed by atoms with Gasteiger partial charge in [0.25, 0.3) is 0 Å². The van der Waals surface area contributed by atoms with E-state index in [0.29, 0.717) is 0 Å². The summed E-state index contributed by atoms with van der Waals surface area (Å²) in [4.78, 5) is 13.1. The number of nitrogens with zero attached hydrogens (tertiary/aromatic N) is 4. The Kier molecular flexibility index (Phi) is 4.22. The zero-order valence-electron chi connectivity index (χ0n) is 11.6. The minimum atomic E-state index is -0.0250. The van der Waals surface area contributed by atoms with E-state index in [1.165, 1.54) is 0 Å². The summed E-state index contributed by atoms with van der Waals surface area (Å²) in [6, 6.07) is 7.93. The Hall–Kier alpha value is -1.85. The van der Waals surface area contributed by atoms with Crippen LogP contribution in [0.15, 0.2) is 36.7 Å². The first-order valence-corrected chi connectivity index (χ1v) is 7.31. The molecule has 0 amide bonds. The Bertz CT molecular complexity index is 597. The summed E-state index contributed by atoms with van der Waals surface area (Å²) >= 11 is 6.04. The largest absolute Gasteiger partial charge is 0.392 e. The van der Waals surface area contributed by atoms with E-state index >= 15 is 0 Å². The molecule has 0 atom stereocenters. The van der Waals surface area contributed by atoms with Crippen LogP contribution in [-0.4, -0.2) is 41.3 Å². The van der Waals surface area contributed by atoms with Gasteiger partial charge in [-0.25, -0.2) is 9.97 Å². The Morgan fingerprint density at radius 3 is 2.33 bits per heavy atom. The molecule has 110 valence electrons. The summed E-state index contributed by atoms with van der Waals surface area (Å²) in [7, 11) is 0. The molecule has 0 saturated carbocycles. The first-order chi connectivity index (χ1) is 10.3. The summed E-state index contributed by atoms with van der Waals surface area (Å²) in [6.07, 6.45) is 3.34. The molecule has 2 heterocycles. The van der Waals surface area contributed by atoms with Gasteiger partial charge < -0.3 is 14.9 Å². The predicted octanol–water partition coefficient (Wildman–Crippen LogP) is 1.95. The second-order valence-electron chi connectivity index (χ2n) is 5.00. The van der Waals surface area contributed by atoms with Crippen molar-refractivity contribution in [3.63, 3.8) is 0 Å². The van der Waals surface area contributed by atoms with Crippen LogP contribution in [-0.2, 0) is 6.61 Å². The van der Waals surface area contributed by atoms with Crippen molar-refractivity contribution in [2.24, 2.45) is 0 Å². The van der Waals surface area contributed by atoms with E-state index < -0.39 is 0 Å². The van der Waals surface area contributed by atoms with Crippen LogP contribution >= 0.6 is 11.6 Å². The van der Waals surface area contributed by atoms with Crippen LogP contribution in [0.25, 0.3) is 0 Å². The van der Waals surface area contributed by atoms with Gasteiger partial charge in [0, 0.05) is 54.8 Å². The molecule has 21 heavy (non-hydrogen) atoms. The van der Waals surface area contributed by atoms with Gasteiger partial charge in [-0.2, -0.15) is 0 Å². The van der Waals surface area contributed by atoms with Crippen molar-refractivity contribution in [1.82, 2.24) is 9.97 Å². The molecule has 0 bridgehead atoms. The van der Waals surface area contributed by atoms with Crippen LogP contribution in [0.2, 0.25) is 5.02 Å². The fourth-order valence-corrected chi connectivity index (χ4v) is 2.61. The van der Waals surface area contributed by atoms with Crippen molar-refractivity contribution in [2.75, 3.05) is 36.0 Å². The molecule has 1 N–H and O–H groups in total. The maximum Gasteiger partial charge on any atom is 0.225 e. The third kappa shape index (κ3) is 3.25. The van der Waals surface area contributed by atoms with Gasteiger partial charge in [0.05, 0.1) is 6.61 Å². The third-order valence-electron chi connectivity index (χ3n) is 3.61. The average molecular weight is 305 g/mol. The van der Waals surface area contributed by atoms with Crippen LogP contribution in [0.4, 0.5) is 11.6 Å². The van der Waals surface area contributed by atoms with Crippen molar-refractivity contribution in [2.45, 2.75) is 6.61 Å². The summed E-state index contributed by atoms with van der Waals surface area (Å²) in [6.45, 7) is 3.52. The number of benzene rings is 1. The molecule has 1 aliphatic heterocycles. The topological polar surface area (TPSA) is 52.5 Å². The number of rotatable bonds is 3. The van der Waals surface area contributed by atoms with E-state index in [2.05, 4.69) is 25.8 Å². The number of aliphatic hydroxyl groups excluding tert-OH is 1. The molecule has 6 heteroatoms. The molecule has 1 fully saturated rings. The predicted molar refractivity (Wildman–Crippen MR) is 83.8 cm³/mol. The smallest absolute Gasteiger partial charge is 0.225 e. The molecule has 5 nitrogen and oxygen atoms in total. The highest BCUT2D eigenvalue weighted by atomic mass is 35.5. The molecule has 1 saturated heterocycles. The van der Waals surface area contributed by atoms with Gasteiger partial charge in [-0.3, -0.25) is 0 Å². The number of aliphatic hydroxyl groups is 1. The maximum absolute atomic E-state index is 9.01. The first kappa shape index (κ1) is 14.1. The van der Waals surface area contributed by atoms with Crippen molar-refractivity contribution < 1.29 is 5.11 Å². The van der Waals surface area contributed by atoms with Gasteiger partial charge in [-0.05, 0) is 18.2 Å². The number of hydrogen-bond acceptors (Lipinski definition) is 5. The third-order valence-corrected chi connectivity index (χ3v) is 3.85. The van der Waals surface area contributed by atoms with Gasteiger partial charge in [0.2, 0.25) is 5.95 Å². The van der Waals surface area contributed by atoms with Crippen molar-refractivity contribution >= 4 is 23.2 Å². The summed E-state index contributed by atoms with van der Waals surface area (Å²) < 4.78 is 0. The molecule has 2 aromatic rings. The van der Waals surface area contributed by atoms with Crippen molar-refractivity contribution in [1.29, 1.82) is 0 Å². The van der Waals surface area contributed by atoms with Crippen molar-refractivity contribution in [3.8, 4) is 0 Å². The number of piperazine rings is 1. The van der Waals surface area contributed by atoms with Crippen LogP contribution in [0.1, 0.15) is 5.56 Å². The average Bonchev–Trinajstić information content (AvgIpc) is 2.55. The number of hydrogen-bond donors (Lipinski definition) is 1. The molecule has 1 aliphatic rings. The van der Waals surface area contributed by atoms with E-state index in [1.807, 2.05) is 18.2 Å². The molecular formula is C15H17ClN4O. The number of anilines is 2. The summed E-state index contributed by atoms with van der Waals surface area (Å²) in [5, 5.41) is 9.77. The molecular weight excluding hydrogens is 288 g/mol. The highest BCUT2D eigenvalue weighted by Gasteiger charge is 2.19. The Labute approximate surface area is 128 Å².